The van der Waals surface area contributed by atoms with Crippen LogP contribution in [-0.4, -0.2) is 28.9 Å². The van der Waals surface area contributed by atoms with Crippen LogP contribution in [0.1, 0.15) is 43.7 Å². The molecule has 0 aromatic carbocycles. The van der Waals surface area contributed by atoms with E-state index < -0.39 is 0 Å². The Hall–Kier alpha value is -1.42. The van der Waals surface area contributed by atoms with Crippen molar-refractivity contribution in [2.75, 3.05) is 13.1 Å². The smallest absolute Gasteiger partial charge is 0.226 e. The van der Waals surface area contributed by atoms with Gasteiger partial charge >= 0.3 is 0 Å². The predicted octanol–water partition coefficient (Wildman–Crippen LogP) is 2.12. The fraction of sp³-hybridized carbons (Fsp3) is 0.625. The van der Waals surface area contributed by atoms with Gasteiger partial charge in [0.05, 0.1) is 6.04 Å². The Labute approximate surface area is 120 Å². The number of carbonyl (C=O) groups excluding carboxylic acids is 1. The first-order chi connectivity index (χ1) is 9.81. The Morgan fingerprint density at radius 2 is 2.25 bits per heavy atom. The van der Waals surface area contributed by atoms with Gasteiger partial charge in [0.2, 0.25) is 5.91 Å². The summed E-state index contributed by atoms with van der Waals surface area (Å²) in [6.07, 6.45) is 9.08. The van der Waals surface area contributed by atoms with Crippen LogP contribution in [0.2, 0.25) is 0 Å². The van der Waals surface area contributed by atoms with Crippen molar-refractivity contribution >= 4 is 5.91 Å². The van der Waals surface area contributed by atoms with Crippen molar-refractivity contribution in [1.82, 2.24) is 9.88 Å². The summed E-state index contributed by atoms with van der Waals surface area (Å²) in [5.41, 5.74) is 6.99. The molecule has 1 amide bonds. The maximum absolute atomic E-state index is 12.9. The van der Waals surface area contributed by atoms with Gasteiger partial charge < -0.3 is 10.6 Å². The topological polar surface area (TPSA) is 59.2 Å². The molecule has 1 unspecified atom stereocenters. The van der Waals surface area contributed by atoms with Crippen LogP contribution in [0.25, 0.3) is 0 Å². The zero-order valence-corrected chi connectivity index (χ0v) is 11.9. The van der Waals surface area contributed by atoms with E-state index in [9.17, 15) is 4.79 Å². The van der Waals surface area contributed by atoms with Crippen LogP contribution < -0.4 is 5.73 Å². The predicted molar refractivity (Wildman–Crippen MR) is 77.8 cm³/mol. The molecule has 4 nitrogen and oxygen atoms in total. The molecule has 2 N–H and O–H groups in total. The summed E-state index contributed by atoms with van der Waals surface area (Å²) in [6, 6.07) is 4.25. The van der Waals surface area contributed by atoms with Crippen molar-refractivity contribution in [3.05, 3.63) is 30.1 Å². The fourth-order valence-electron chi connectivity index (χ4n) is 3.81. The Balaban J connectivity index is 1.77. The average molecular weight is 273 g/mol. The molecule has 3 rings (SSSR count). The molecule has 0 bridgehead atoms. The van der Waals surface area contributed by atoms with Crippen LogP contribution >= 0.6 is 0 Å². The zero-order valence-electron chi connectivity index (χ0n) is 11.9. The van der Waals surface area contributed by atoms with Gasteiger partial charge in [0.15, 0.2) is 0 Å². The SMILES string of the molecule is NC[C@H]1CCC[C@H]1C(=O)N1CCCC1c1cccnc1. The first kappa shape index (κ1) is 13.6. The standard InChI is InChI=1S/C16H23N3O/c17-10-12-4-1-6-14(12)16(20)19-9-3-7-15(19)13-5-2-8-18-11-13/h2,5,8,11-12,14-15H,1,3-4,6-7,9-10,17H2/t12-,14-,15?/m1/s1. The summed E-state index contributed by atoms with van der Waals surface area (Å²) < 4.78 is 0. The molecule has 1 saturated heterocycles. The summed E-state index contributed by atoms with van der Waals surface area (Å²) in [5.74, 6) is 0.860. The molecule has 2 heterocycles. The van der Waals surface area contributed by atoms with E-state index in [1.165, 1.54) is 5.56 Å². The molecule has 1 aliphatic heterocycles. The normalized spacial score (nSPS) is 29.9. The average Bonchev–Trinajstić information content (AvgIpc) is 3.16. The molecule has 2 fully saturated rings. The van der Waals surface area contributed by atoms with Gasteiger partial charge in [-0.3, -0.25) is 9.78 Å². The van der Waals surface area contributed by atoms with Crippen LogP contribution in [0.3, 0.4) is 0 Å². The lowest BCUT2D eigenvalue weighted by Crippen LogP contribution is -2.38. The van der Waals surface area contributed by atoms with E-state index in [0.717, 1.165) is 38.6 Å². The number of amides is 1. The number of aromatic nitrogens is 1. The van der Waals surface area contributed by atoms with E-state index in [1.54, 1.807) is 6.20 Å². The minimum absolute atomic E-state index is 0.150. The largest absolute Gasteiger partial charge is 0.335 e. The van der Waals surface area contributed by atoms with Crippen molar-refractivity contribution in [3.63, 3.8) is 0 Å². The summed E-state index contributed by atoms with van der Waals surface area (Å²) in [4.78, 5) is 19.1. The first-order valence-electron chi connectivity index (χ1n) is 7.71. The lowest BCUT2D eigenvalue weighted by molar-refractivity contribution is -0.137. The fourth-order valence-corrected chi connectivity index (χ4v) is 3.81. The first-order valence-corrected chi connectivity index (χ1v) is 7.71. The molecular formula is C16H23N3O. The molecule has 1 aromatic heterocycles. The van der Waals surface area contributed by atoms with Crippen LogP contribution in [0.4, 0.5) is 0 Å². The molecule has 2 aliphatic rings. The molecule has 0 radical (unpaired) electrons. The Kier molecular flexibility index (Phi) is 4.01. The van der Waals surface area contributed by atoms with E-state index in [4.69, 9.17) is 5.73 Å². The quantitative estimate of drug-likeness (QED) is 0.917. The Morgan fingerprint density at radius 1 is 1.35 bits per heavy atom. The second kappa shape index (κ2) is 5.92. The van der Waals surface area contributed by atoms with Crippen molar-refractivity contribution < 1.29 is 4.79 Å². The van der Waals surface area contributed by atoms with Crippen LogP contribution in [0, 0.1) is 11.8 Å². The molecule has 108 valence electrons. The van der Waals surface area contributed by atoms with Crippen LogP contribution in [-0.2, 0) is 4.79 Å². The maximum atomic E-state index is 12.9. The second-order valence-electron chi connectivity index (χ2n) is 6.01. The number of nitrogens with zero attached hydrogens (tertiary/aromatic N) is 2. The minimum atomic E-state index is 0.150. The highest BCUT2D eigenvalue weighted by atomic mass is 16.2. The highest BCUT2D eigenvalue weighted by molar-refractivity contribution is 5.80. The van der Waals surface area contributed by atoms with Gasteiger partial charge in [0.1, 0.15) is 0 Å². The maximum Gasteiger partial charge on any atom is 0.226 e. The van der Waals surface area contributed by atoms with E-state index >= 15 is 0 Å². The Morgan fingerprint density at radius 3 is 3.00 bits per heavy atom. The van der Waals surface area contributed by atoms with Crippen molar-refractivity contribution in [2.45, 2.75) is 38.1 Å². The number of carbonyl (C=O) groups is 1. The number of rotatable bonds is 3. The van der Waals surface area contributed by atoms with Crippen molar-refractivity contribution in [2.24, 2.45) is 17.6 Å². The Bertz CT molecular complexity index is 462. The van der Waals surface area contributed by atoms with Gasteiger partial charge in [-0.2, -0.15) is 0 Å². The summed E-state index contributed by atoms with van der Waals surface area (Å²) >= 11 is 0. The van der Waals surface area contributed by atoms with E-state index in [0.29, 0.717) is 18.4 Å². The third kappa shape index (κ3) is 2.44. The molecule has 0 spiro atoms. The van der Waals surface area contributed by atoms with Crippen molar-refractivity contribution in [1.29, 1.82) is 0 Å². The summed E-state index contributed by atoms with van der Waals surface area (Å²) in [6.45, 7) is 1.52. The molecule has 1 saturated carbocycles. The van der Waals surface area contributed by atoms with Crippen LogP contribution in [0.15, 0.2) is 24.5 Å². The monoisotopic (exact) mass is 273 g/mol. The third-order valence-electron chi connectivity index (χ3n) is 4.88. The van der Waals surface area contributed by atoms with Gasteiger partial charge in [-0.25, -0.2) is 0 Å². The second-order valence-corrected chi connectivity index (χ2v) is 6.01. The lowest BCUT2D eigenvalue weighted by atomic mass is 9.94. The van der Waals surface area contributed by atoms with Crippen LogP contribution in [0.5, 0.6) is 0 Å². The number of nitrogens with two attached hydrogens (primary N) is 1. The number of hydrogen-bond acceptors (Lipinski definition) is 3. The number of likely N-dealkylation sites (tertiary alicyclic amines) is 1. The molecule has 3 atom stereocenters. The van der Waals surface area contributed by atoms with Gasteiger partial charge in [-0.05, 0) is 49.8 Å². The highest BCUT2D eigenvalue weighted by Crippen LogP contribution is 2.38. The molecule has 1 aliphatic carbocycles. The zero-order chi connectivity index (χ0) is 13.9. The molecule has 20 heavy (non-hydrogen) atoms. The van der Waals surface area contributed by atoms with E-state index in [1.807, 2.05) is 12.3 Å². The van der Waals surface area contributed by atoms with Gasteiger partial charge in [-0.1, -0.05) is 12.5 Å². The third-order valence-corrected chi connectivity index (χ3v) is 4.88. The molecule has 1 aromatic rings. The molecular weight excluding hydrogens is 250 g/mol. The summed E-state index contributed by atoms with van der Waals surface area (Å²) in [5, 5.41) is 0. The van der Waals surface area contributed by atoms with E-state index in [-0.39, 0.29) is 12.0 Å². The van der Waals surface area contributed by atoms with Gasteiger partial charge in [-0.15, -0.1) is 0 Å². The number of pyridine rings is 1. The summed E-state index contributed by atoms with van der Waals surface area (Å²) in [7, 11) is 0. The minimum Gasteiger partial charge on any atom is -0.335 e. The van der Waals surface area contributed by atoms with Gasteiger partial charge in [0, 0.05) is 24.9 Å². The number of hydrogen-bond donors (Lipinski definition) is 1. The van der Waals surface area contributed by atoms with E-state index in [2.05, 4.69) is 16.0 Å². The molecule has 4 heteroatoms. The van der Waals surface area contributed by atoms with Gasteiger partial charge in [0.25, 0.3) is 0 Å². The van der Waals surface area contributed by atoms with Crippen molar-refractivity contribution in [3.8, 4) is 0 Å². The lowest BCUT2D eigenvalue weighted by Gasteiger charge is -2.29. The highest BCUT2D eigenvalue weighted by Gasteiger charge is 2.39.